The van der Waals surface area contributed by atoms with E-state index < -0.39 is 6.67 Å². The normalized spacial score (nSPS) is 10.8. The molecule has 0 radical (unpaired) electrons. The quantitative estimate of drug-likeness (QED) is 0.780. The molecule has 0 saturated carbocycles. The Morgan fingerprint density at radius 2 is 2.17 bits per heavy atom. The maximum atomic E-state index is 12.6. The molecule has 0 unspecified atom stereocenters. The average Bonchev–Trinajstić information content (AvgIpc) is 2.82. The van der Waals surface area contributed by atoms with Gasteiger partial charge in [0.25, 0.3) is 0 Å². The molecule has 6 heteroatoms. The first-order valence-corrected chi connectivity index (χ1v) is 6.86. The number of halogens is 1. The smallest absolute Gasteiger partial charge is 0.191 e. The molecule has 18 heavy (non-hydrogen) atoms. The van der Waals surface area contributed by atoms with Gasteiger partial charge in [-0.25, -0.2) is 4.39 Å². The average molecular weight is 266 g/mol. The van der Waals surface area contributed by atoms with Gasteiger partial charge in [-0.15, -0.1) is 10.2 Å². The van der Waals surface area contributed by atoms with Crippen LogP contribution in [-0.2, 0) is 13.2 Å². The lowest BCUT2D eigenvalue weighted by Gasteiger charge is -2.06. The molecule has 2 aromatic heterocycles. The first-order valence-electron chi connectivity index (χ1n) is 5.87. The topological polar surface area (TPSA) is 43.6 Å². The van der Waals surface area contributed by atoms with Gasteiger partial charge in [0.05, 0.1) is 5.69 Å². The number of alkyl halides is 1. The Balaban J connectivity index is 2.43. The highest BCUT2D eigenvalue weighted by Crippen LogP contribution is 2.23. The minimum atomic E-state index is -0.565. The Kier molecular flexibility index (Phi) is 4.30. The molecule has 0 atom stereocenters. The Morgan fingerprint density at radius 1 is 1.33 bits per heavy atom. The summed E-state index contributed by atoms with van der Waals surface area (Å²) in [6, 6.07) is 3.55. The maximum Gasteiger partial charge on any atom is 0.191 e. The second kappa shape index (κ2) is 5.95. The van der Waals surface area contributed by atoms with Gasteiger partial charge >= 0.3 is 0 Å². The molecule has 2 rings (SSSR count). The van der Waals surface area contributed by atoms with Crippen molar-refractivity contribution in [3.8, 4) is 11.4 Å². The fourth-order valence-electron chi connectivity index (χ4n) is 1.71. The number of hydrogen-bond acceptors (Lipinski definition) is 4. The first kappa shape index (κ1) is 13.0. The highest BCUT2D eigenvalue weighted by Gasteiger charge is 2.12. The Morgan fingerprint density at radius 3 is 2.83 bits per heavy atom. The molecule has 0 aliphatic carbocycles. The van der Waals surface area contributed by atoms with Gasteiger partial charge in [0.2, 0.25) is 0 Å². The van der Waals surface area contributed by atoms with Crippen molar-refractivity contribution in [2.45, 2.75) is 32.2 Å². The second-order valence-electron chi connectivity index (χ2n) is 3.65. The third kappa shape index (κ3) is 2.53. The molecule has 0 spiro atoms. The summed E-state index contributed by atoms with van der Waals surface area (Å²) in [6.07, 6.45) is 1.60. The first-order chi connectivity index (χ1) is 8.80. The number of pyridine rings is 1. The van der Waals surface area contributed by atoms with Crippen LogP contribution in [0.25, 0.3) is 11.4 Å². The lowest BCUT2D eigenvalue weighted by molar-refractivity contribution is 0.476. The van der Waals surface area contributed by atoms with E-state index in [1.54, 1.807) is 24.0 Å². The molecule has 0 N–H and O–H groups in total. The minimum absolute atomic E-state index is 0.419. The Labute approximate surface area is 110 Å². The van der Waals surface area contributed by atoms with Crippen molar-refractivity contribution in [1.82, 2.24) is 19.7 Å². The van der Waals surface area contributed by atoms with Crippen molar-refractivity contribution >= 4 is 11.8 Å². The van der Waals surface area contributed by atoms with Crippen LogP contribution < -0.4 is 0 Å². The fourth-order valence-corrected chi connectivity index (χ4v) is 2.44. The fraction of sp³-hybridized carbons (Fsp3) is 0.417. The van der Waals surface area contributed by atoms with E-state index in [2.05, 4.69) is 22.1 Å². The number of nitrogens with zero attached hydrogens (tertiary/aromatic N) is 4. The van der Waals surface area contributed by atoms with Crippen molar-refractivity contribution in [2.75, 3.05) is 5.75 Å². The van der Waals surface area contributed by atoms with E-state index in [1.165, 1.54) is 0 Å². The van der Waals surface area contributed by atoms with Crippen LogP contribution in [0.5, 0.6) is 0 Å². The van der Waals surface area contributed by atoms with Gasteiger partial charge in [-0.05, 0) is 24.8 Å². The Bertz CT molecular complexity index is 527. The molecule has 2 aromatic rings. The number of hydrogen-bond donors (Lipinski definition) is 0. The highest BCUT2D eigenvalue weighted by atomic mass is 32.2. The number of rotatable bonds is 5. The van der Waals surface area contributed by atoms with Crippen molar-refractivity contribution in [2.24, 2.45) is 0 Å². The zero-order valence-electron chi connectivity index (χ0n) is 10.4. The van der Waals surface area contributed by atoms with Crippen LogP contribution in [0.2, 0.25) is 0 Å². The van der Waals surface area contributed by atoms with Gasteiger partial charge in [0.1, 0.15) is 6.67 Å². The van der Waals surface area contributed by atoms with Crippen LogP contribution in [0, 0.1) is 0 Å². The van der Waals surface area contributed by atoms with Gasteiger partial charge in [-0.2, -0.15) is 0 Å². The van der Waals surface area contributed by atoms with Crippen LogP contribution in [-0.4, -0.2) is 25.5 Å². The monoisotopic (exact) mass is 266 g/mol. The molecule has 96 valence electrons. The summed E-state index contributed by atoms with van der Waals surface area (Å²) in [5.74, 6) is 1.72. The predicted octanol–water partition coefficient (Wildman–Crippen LogP) is 2.94. The van der Waals surface area contributed by atoms with E-state index in [9.17, 15) is 4.39 Å². The van der Waals surface area contributed by atoms with Crippen molar-refractivity contribution in [3.05, 3.63) is 24.0 Å². The summed E-state index contributed by atoms with van der Waals surface area (Å²) in [7, 11) is 0. The maximum absolute atomic E-state index is 12.6. The zero-order chi connectivity index (χ0) is 13.0. The van der Waals surface area contributed by atoms with Crippen LogP contribution in [0.1, 0.15) is 19.5 Å². The summed E-state index contributed by atoms with van der Waals surface area (Å²) in [5, 5.41) is 9.26. The van der Waals surface area contributed by atoms with E-state index >= 15 is 0 Å². The van der Waals surface area contributed by atoms with Crippen molar-refractivity contribution in [3.63, 3.8) is 0 Å². The molecule has 0 aromatic carbocycles. The van der Waals surface area contributed by atoms with E-state index in [1.807, 2.05) is 17.6 Å². The predicted molar refractivity (Wildman–Crippen MR) is 70.1 cm³/mol. The van der Waals surface area contributed by atoms with Gasteiger partial charge in [-0.1, -0.05) is 18.7 Å². The van der Waals surface area contributed by atoms with Gasteiger partial charge in [-0.3, -0.25) is 4.98 Å². The zero-order valence-corrected chi connectivity index (χ0v) is 11.2. The summed E-state index contributed by atoms with van der Waals surface area (Å²) >= 11 is 1.65. The lowest BCUT2D eigenvalue weighted by atomic mass is 10.2. The number of aromatic nitrogens is 4. The summed E-state index contributed by atoms with van der Waals surface area (Å²) in [6.45, 7) is 4.35. The largest absolute Gasteiger partial charge is 0.302 e. The Hall–Kier alpha value is -1.43. The van der Waals surface area contributed by atoms with E-state index in [-0.39, 0.29) is 0 Å². The molecule has 2 heterocycles. The van der Waals surface area contributed by atoms with Gasteiger partial charge in [0, 0.05) is 18.3 Å². The SMILES string of the molecule is CCSc1nnc(-c2ccnc(CF)c2)n1CC. The molecule has 4 nitrogen and oxygen atoms in total. The lowest BCUT2D eigenvalue weighted by Crippen LogP contribution is -2.00. The van der Waals surface area contributed by atoms with E-state index in [0.29, 0.717) is 5.69 Å². The summed E-state index contributed by atoms with van der Waals surface area (Å²) in [5.41, 5.74) is 1.28. The van der Waals surface area contributed by atoms with Crippen LogP contribution in [0.3, 0.4) is 0 Å². The third-order valence-corrected chi connectivity index (χ3v) is 3.37. The molecule has 0 aliphatic rings. The van der Waals surface area contributed by atoms with Gasteiger partial charge < -0.3 is 4.57 Å². The molecule has 0 aliphatic heterocycles. The summed E-state index contributed by atoms with van der Waals surface area (Å²) in [4.78, 5) is 3.94. The summed E-state index contributed by atoms with van der Waals surface area (Å²) < 4.78 is 14.7. The van der Waals surface area contributed by atoms with Crippen LogP contribution in [0.4, 0.5) is 4.39 Å². The molecule has 0 bridgehead atoms. The molecule has 0 fully saturated rings. The molecular formula is C12H15FN4S. The van der Waals surface area contributed by atoms with Crippen molar-refractivity contribution in [1.29, 1.82) is 0 Å². The second-order valence-corrected chi connectivity index (χ2v) is 4.88. The molecule has 0 amide bonds. The molecule has 0 saturated heterocycles. The van der Waals surface area contributed by atoms with Crippen molar-refractivity contribution < 1.29 is 4.39 Å². The van der Waals surface area contributed by atoms with E-state index in [4.69, 9.17) is 0 Å². The highest BCUT2D eigenvalue weighted by molar-refractivity contribution is 7.99. The minimum Gasteiger partial charge on any atom is -0.302 e. The number of thioether (sulfide) groups is 1. The van der Waals surface area contributed by atoms with E-state index in [0.717, 1.165) is 28.8 Å². The van der Waals surface area contributed by atoms with Crippen LogP contribution in [0.15, 0.2) is 23.5 Å². The molecular weight excluding hydrogens is 251 g/mol. The van der Waals surface area contributed by atoms with Crippen LogP contribution >= 0.6 is 11.8 Å². The van der Waals surface area contributed by atoms with Gasteiger partial charge in [0.15, 0.2) is 11.0 Å². The standard InChI is InChI=1S/C12H15FN4S/c1-3-17-11(15-16-12(17)18-4-2)9-5-6-14-10(7-9)8-13/h5-7H,3-4,8H2,1-2H3. The third-order valence-electron chi connectivity index (χ3n) is 2.52.